The Morgan fingerprint density at radius 2 is 2.25 bits per heavy atom. The van der Waals surface area contributed by atoms with Crippen LogP contribution in [0.2, 0.25) is 0 Å². The molecule has 0 amide bonds. The molecule has 0 fully saturated rings. The van der Waals surface area contributed by atoms with Gasteiger partial charge in [0.25, 0.3) is 0 Å². The smallest absolute Gasteiger partial charge is 0.158 e. The van der Waals surface area contributed by atoms with Crippen LogP contribution in [0.4, 0.5) is 0 Å². The summed E-state index contributed by atoms with van der Waals surface area (Å²) >= 11 is 1.74. The van der Waals surface area contributed by atoms with E-state index in [-0.39, 0.29) is 0 Å². The predicted molar refractivity (Wildman–Crippen MR) is 68.8 cm³/mol. The molecule has 2 heteroatoms. The molecule has 0 atom stereocenters. The van der Waals surface area contributed by atoms with E-state index in [0.29, 0.717) is 12.2 Å². The van der Waals surface area contributed by atoms with Crippen molar-refractivity contribution in [2.75, 3.05) is 0 Å². The fourth-order valence-electron chi connectivity index (χ4n) is 2.12. The summed E-state index contributed by atoms with van der Waals surface area (Å²) in [5.41, 5.74) is 1.09. The maximum Gasteiger partial charge on any atom is 0.158 e. The van der Waals surface area contributed by atoms with Crippen LogP contribution in [0.15, 0.2) is 29.2 Å². The molecule has 0 radical (unpaired) electrons. The van der Waals surface area contributed by atoms with Gasteiger partial charge >= 0.3 is 0 Å². The van der Waals surface area contributed by atoms with Crippen LogP contribution in [0.5, 0.6) is 0 Å². The van der Waals surface area contributed by atoms with Gasteiger partial charge in [0.05, 0.1) is 0 Å². The highest BCUT2D eigenvalue weighted by molar-refractivity contribution is 7.09. The lowest BCUT2D eigenvalue weighted by molar-refractivity contribution is -0.115. The van der Waals surface area contributed by atoms with Gasteiger partial charge in [0.15, 0.2) is 5.78 Å². The summed E-state index contributed by atoms with van der Waals surface area (Å²) in [6.07, 6.45) is 9.59. The van der Waals surface area contributed by atoms with Crippen molar-refractivity contribution in [1.82, 2.24) is 0 Å². The number of hydrogen-bond donors (Lipinski definition) is 0. The van der Waals surface area contributed by atoms with E-state index in [2.05, 4.69) is 23.6 Å². The van der Waals surface area contributed by atoms with E-state index in [9.17, 15) is 4.79 Å². The summed E-state index contributed by atoms with van der Waals surface area (Å²) in [6.45, 7) is 0. The molecular weight excluding hydrogens is 216 g/mol. The number of Topliss-reactive ketones (excluding diaryl/α,β-unsaturated/α-hetero) is 1. The molecule has 0 bridgehead atoms. The third-order valence-corrected chi connectivity index (χ3v) is 4.01. The van der Waals surface area contributed by atoms with Crippen LogP contribution in [0, 0.1) is 0 Å². The molecule has 0 unspecified atom stereocenters. The average molecular weight is 234 g/mol. The van der Waals surface area contributed by atoms with Gasteiger partial charge in [-0.15, -0.1) is 11.3 Å². The van der Waals surface area contributed by atoms with Crippen molar-refractivity contribution in [2.45, 2.75) is 44.9 Å². The molecule has 1 aliphatic carbocycles. The van der Waals surface area contributed by atoms with E-state index in [0.717, 1.165) is 24.8 Å². The van der Waals surface area contributed by atoms with Gasteiger partial charge < -0.3 is 0 Å². The highest BCUT2D eigenvalue weighted by atomic mass is 32.1. The monoisotopic (exact) mass is 234 g/mol. The molecular formula is C14H18OS. The number of rotatable bonds is 4. The van der Waals surface area contributed by atoms with E-state index in [1.807, 2.05) is 0 Å². The van der Waals surface area contributed by atoms with Crippen molar-refractivity contribution in [2.24, 2.45) is 0 Å². The Bertz CT molecular complexity index is 362. The molecule has 0 saturated heterocycles. The number of carbonyl (C=O) groups excluding carboxylic acids is 1. The van der Waals surface area contributed by atoms with Gasteiger partial charge in [0, 0.05) is 11.3 Å². The first-order chi connectivity index (χ1) is 7.86. The first kappa shape index (κ1) is 11.6. The maximum absolute atomic E-state index is 12.0. The largest absolute Gasteiger partial charge is 0.295 e. The van der Waals surface area contributed by atoms with E-state index in [4.69, 9.17) is 0 Å². The minimum absolute atomic E-state index is 0.371. The van der Waals surface area contributed by atoms with Crippen LogP contribution in [-0.4, -0.2) is 5.78 Å². The first-order valence-electron chi connectivity index (χ1n) is 6.11. The molecule has 1 aromatic rings. The Hall–Kier alpha value is -0.890. The van der Waals surface area contributed by atoms with Crippen molar-refractivity contribution in [3.63, 3.8) is 0 Å². The zero-order valence-electron chi connectivity index (χ0n) is 9.58. The van der Waals surface area contributed by atoms with Crippen LogP contribution in [0.25, 0.3) is 0 Å². The Morgan fingerprint density at radius 1 is 1.31 bits per heavy atom. The normalized spacial score (nSPS) is 16.6. The van der Waals surface area contributed by atoms with Gasteiger partial charge in [0.2, 0.25) is 0 Å². The Morgan fingerprint density at radius 3 is 3.06 bits per heavy atom. The molecule has 0 aromatic carbocycles. The summed E-state index contributed by atoms with van der Waals surface area (Å²) in [6, 6.07) is 4.16. The SMILES string of the molecule is O=C(CCc1cccs1)C1=CCCCCC1. The highest BCUT2D eigenvalue weighted by Gasteiger charge is 2.11. The van der Waals surface area contributed by atoms with Crippen molar-refractivity contribution in [1.29, 1.82) is 0 Å². The second kappa shape index (κ2) is 6.00. The van der Waals surface area contributed by atoms with Gasteiger partial charge in [-0.2, -0.15) is 0 Å². The van der Waals surface area contributed by atoms with Gasteiger partial charge in [-0.05, 0) is 49.1 Å². The number of allylic oxidation sites excluding steroid dienone is 2. The molecule has 16 heavy (non-hydrogen) atoms. The molecule has 86 valence electrons. The van der Waals surface area contributed by atoms with Gasteiger partial charge in [-0.25, -0.2) is 0 Å². The first-order valence-corrected chi connectivity index (χ1v) is 6.99. The lowest BCUT2D eigenvalue weighted by Crippen LogP contribution is -2.03. The Labute approximate surface area is 101 Å². The zero-order chi connectivity index (χ0) is 11.2. The Kier molecular flexibility index (Phi) is 4.34. The molecule has 1 aromatic heterocycles. The fourth-order valence-corrected chi connectivity index (χ4v) is 2.83. The van der Waals surface area contributed by atoms with E-state index < -0.39 is 0 Å². The summed E-state index contributed by atoms with van der Waals surface area (Å²) < 4.78 is 0. The lowest BCUT2D eigenvalue weighted by atomic mass is 10.0. The van der Waals surface area contributed by atoms with Crippen molar-refractivity contribution in [3.05, 3.63) is 34.0 Å². The van der Waals surface area contributed by atoms with Crippen LogP contribution in [-0.2, 0) is 11.2 Å². The maximum atomic E-state index is 12.0. The zero-order valence-corrected chi connectivity index (χ0v) is 10.4. The van der Waals surface area contributed by atoms with Crippen LogP contribution < -0.4 is 0 Å². The molecule has 0 aliphatic heterocycles. The van der Waals surface area contributed by atoms with Crippen molar-refractivity contribution >= 4 is 17.1 Å². The number of thiophene rings is 1. The third-order valence-electron chi connectivity index (χ3n) is 3.08. The van der Waals surface area contributed by atoms with Crippen LogP contribution in [0.1, 0.15) is 43.4 Å². The number of hydrogen-bond acceptors (Lipinski definition) is 2. The minimum Gasteiger partial charge on any atom is -0.295 e. The van der Waals surface area contributed by atoms with E-state index in [1.165, 1.54) is 24.1 Å². The van der Waals surface area contributed by atoms with Crippen molar-refractivity contribution < 1.29 is 4.79 Å². The molecule has 0 N–H and O–H groups in total. The molecule has 0 saturated carbocycles. The third kappa shape index (κ3) is 3.31. The molecule has 1 heterocycles. The number of aryl methyl sites for hydroxylation is 1. The summed E-state index contributed by atoms with van der Waals surface area (Å²) in [5, 5.41) is 2.07. The van der Waals surface area contributed by atoms with Crippen LogP contribution in [0.3, 0.4) is 0 Å². The fraction of sp³-hybridized carbons (Fsp3) is 0.500. The van der Waals surface area contributed by atoms with E-state index >= 15 is 0 Å². The molecule has 2 rings (SSSR count). The summed E-state index contributed by atoms with van der Waals surface area (Å²) in [5.74, 6) is 0.371. The number of carbonyl (C=O) groups is 1. The topological polar surface area (TPSA) is 17.1 Å². The lowest BCUT2D eigenvalue weighted by Gasteiger charge is -2.03. The van der Waals surface area contributed by atoms with Gasteiger partial charge in [0.1, 0.15) is 0 Å². The van der Waals surface area contributed by atoms with Gasteiger partial charge in [-0.1, -0.05) is 18.6 Å². The Balaban J connectivity index is 1.85. The molecule has 1 nitrogen and oxygen atoms in total. The summed E-state index contributed by atoms with van der Waals surface area (Å²) in [4.78, 5) is 13.3. The van der Waals surface area contributed by atoms with Crippen LogP contribution >= 0.6 is 11.3 Å². The summed E-state index contributed by atoms with van der Waals surface area (Å²) in [7, 11) is 0. The highest BCUT2D eigenvalue weighted by Crippen LogP contribution is 2.20. The minimum atomic E-state index is 0.371. The average Bonchev–Trinajstić information content (AvgIpc) is 2.66. The second-order valence-corrected chi connectivity index (χ2v) is 5.36. The second-order valence-electron chi connectivity index (χ2n) is 4.33. The number of ketones is 1. The molecule has 1 aliphatic rings. The van der Waals surface area contributed by atoms with E-state index in [1.54, 1.807) is 11.3 Å². The predicted octanol–water partition coefficient (Wildman–Crippen LogP) is 4.14. The van der Waals surface area contributed by atoms with Gasteiger partial charge in [-0.3, -0.25) is 4.79 Å². The molecule has 0 spiro atoms. The standard InChI is InChI=1S/C14H18OS/c15-14(10-9-13-8-5-11-16-13)12-6-3-1-2-4-7-12/h5-6,8,11H,1-4,7,9-10H2. The van der Waals surface area contributed by atoms with Crippen molar-refractivity contribution in [3.8, 4) is 0 Å². The quantitative estimate of drug-likeness (QED) is 0.765.